The highest BCUT2D eigenvalue weighted by Crippen LogP contribution is 2.24. The van der Waals surface area contributed by atoms with Crippen LogP contribution in [0.5, 0.6) is 0 Å². The highest BCUT2D eigenvalue weighted by Gasteiger charge is 2.14. The van der Waals surface area contributed by atoms with Crippen LogP contribution >= 0.6 is 11.3 Å². The normalized spacial score (nSPS) is 10.8. The summed E-state index contributed by atoms with van der Waals surface area (Å²) in [5.74, 6) is 0.443. The number of hydrogen-bond acceptors (Lipinski definition) is 3. The number of rotatable bonds is 2. The van der Waals surface area contributed by atoms with Gasteiger partial charge in [0.25, 0.3) is 5.91 Å². The third-order valence-corrected chi connectivity index (χ3v) is 3.88. The average molecular weight is 271 g/mol. The number of nitrogens with one attached hydrogen (secondary N) is 1. The van der Waals surface area contributed by atoms with Gasteiger partial charge in [-0.15, -0.1) is 11.3 Å². The first-order valence-electron chi connectivity index (χ1n) is 5.93. The van der Waals surface area contributed by atoms with Gasteiger partial charge in [0.15, 0.2) is 0 Å². The van der Waals surface area contributed by atoms with Gasteiger partial charge >= 0.3 is 0 Å². The summed E-state index contributed by atoms with van der Waals surface area (Å²) in [6.07, 6.45) is 0. The van der Waals surface area contributed by atoms with Gasteiger partial charge in [-0.2, -0.15) is 0 Å². The Bertz CT molecular complexity index is 757. The predicted molar refractivity (Wildman–Crippen MR) is 77.7 cm³/mol. The summed E-state index contributed by atoms with van der Waals surface area (Å²) in [6.45, 7) is 1.90. The number of thiophene rings is 1. The van der Waals surface area contributed by atoms with Crippen LogP contribution < -0.4 is 5.32 Å². The quantitative estimate of drug-likeness (QED) is 0.778. The van der Waals surface area contributed by atoms with Gasteiger partial charge in [-0.05, 0) is 36.6 Å². The molecule has 4 nitrogen and oxygen atoms in total. The van der Waals surface area contributed by atoms with Crippen LogP contribution in [0.1, 0.15) is 16.2 Å². The molecule has 19 heavy (non-hydrogen) atoms. The number of aromatic nitrogens is 2. The lowest BCUT2D eigenvalue weighted by Gasteiger charge is -2.06. The summed E-state index contributed by atoms with van der Waals surface area (Å²) in [4.78, 5) is 16.5. The van der Waals surface area contributed by atoms with Gasteiger partial charge in [0.2, 0.25) is 0 Å². The fraction of sp³-hybridized carbons (Fsp3) is 0.143. The molecule has 0 radical (unpaired) electrons. The van der Waals surface area contributed by atoms with Gasteiger partial charge in [-0.25, -0.2) is 4.98 Å². The molecule has 96 valence electrons. The van der Waals surface area contributed by atoms with Crippen LogP contribution in [0.3, 0.4) is 0 Å². The van der Waals surface area contributed by atoms with E-state index in [-0.39, 0.29) is 5.91 Å². The van der Waals surface area contributed by atoms with E-state index < -0.39 is 0 Å². The fourth-order valence-corrected chi connectivity index (χ4v) is 2.91. The number of amides is 1. The van der Waals surface area contributed by atoms with Crippen LogP contribution in [-0.2, 0) is 7.05 Å². The Labute approximate surface area is 114 Å². The number of pyridine rings is 1. The second kappa shape index (κ2) is 4.51. The number of carbonyl (C=O) groups is 1. The SMILES string of the molecule is Cc1cccc(NC(=O)c2cc3sccc3n2C)n1. The predicted octanol–water partition coefficient (Wildman–Crippen LogP) is 3.20. The van der Waals surface area contributed by atoms with Crippen molar-refractivity contribution in [2.45, 2.75) is 6.92 Å². The maximum absolute atomic E-state index is 12.2. The van der Waals surface area contributed by atoms with Crippen molar-refractivity contribution in [1.29, 1.82) is 0 Å². The van der Waals surface area contributed by atoms with Crippen molar-refractivity contribution in [3.63, 3.8) is 0 Å². The van der Waals surface area contributed by atoms with E-state index >= 15 is 0 Å². The molecule has 3 aromatic rings. The molecule has 0 bridgehead atoms. The Hall–Kier alpha value is -2.14. The molecule has 1 amide bonds. The first kappa shape index (κ1) is 11.9. The third kappa shape index (κ3) is 2.13. The summed E-state index contributed by atoms with van der Waals surface area (Å²) >= 11 is 1.63. The van der Waals surface area contributed by atoms with Gasteiger partial charge in [0, 0.05) is 12.7 Å². The minimum Gasteiger partial charge on any atom is -0.339 e. The van der Waals surface area contributed by atoms with Crippen molar-refractivity contribution < 1.29 is 4.79 Å². The third-order valence-electron chi connectivity index (χ3n) is 3.03. The summed E-state index contributed by atoms with van der Waals surface area (Å²) < 4.78 is 3.02. The smallest absolute Gasteiger partial charge is 0.273 e. The zero-order valence-electron chi connectivity index (χ0n) is 10.7. The molecule has 0 aliphatic carbocycles. The molecule has 0 saturated heterocycles. The Balaban J connectivity index is 1.91. The summed E-state index contributed by atoms with van der Waals surface area (Å²) in [6, 6.07) is 9.48. The number of aryl methyl sites for hydroxylation is 2. The van der Waals surface area contributed by atoms with Crippen molar-refractivity contribution in [2.75, 3.05) is 5.32 Å². The van der Waals surface area contributed by atoms with E-state index in [0.29, 0.717) is 11.5 Å². The molecule has 0 atom stereocenters. The zero-order chi connectivity index (χ0) is 13.4. The lowest BCUT2D eigenvalue weighted by atomic mass is 10.3. The maximum atomic E-state index is 12.2. The molecule has 0 saturated carbocycles. The minimum atomic E-state index is -0.135. The second-order valence-corrected chi connectivity index (χ2v) is 5.32. The van der Waals surface area contributed by atoms with Gasteiger partial charge in [0.1, 0.15) is 11.5 Å². The Morgan fingerprint density at radius 3 is 2.95 bits per heavy atom. The first-order valence-corrected chi connectivity index (χ1v) is 6.81. The number of hydrogen-bond donors (Lipinski definition) is 1. The lowest BCUT2D eigenvalue weighted by molar-refractivity contribution is 0.101. The topological polar surface area (TPSA) is 46.9 Å². The number of carbonyl (C=O) groups excluding carboxylic acids is 1. The highest BCUT2D eigenvalue weighted by molar-refractivity contribution is 7.17. The zero-order valence-corrected chi connectivity index (χ0v) is 11.5. The molecule has 0 aliphatic rings. The Morgan fingerprint density at radius 1 is 1.37 bits per heavy atom. The first-order chi connectivity index (χ1) is 9.15. The summed E-state index contributed by atoms with van der Waals surface area (Å²) in [7, 11) is 1.90. The highest BCUT2D eigenvalue weighted by atomic mass is 32.1. The molecule has 5 heteroatoms. The van der Waals surface area contributed by atoms with Gasteiger partial charge < -0.3 is 9.88 Å². The van der Waals surface area contributed by atoms with E-state index in [1.54, 1.807) is 17.4 Å². The van der Waals surface area contributed by atoms with Crippen molar-refractivity contribution in [2.24, 2.45) is 7.05 Å². The largest absolute Gasteiger partial charge is 0.339 e. The molecule has 0 aliphatic heterocycles. The number of nitrogens with zero attached hydrogens (tertiary/aromatic N) is 2. The van der Waals surface area contributed by atoms with Crippen molar-refractivity contribution in [1.82, 2.24) is 9.55 Å². The Morgan fingerprint density at radius 2 is 2.21 bits per heavy atom. The van der Waals surface area contributed by atoms with E-state index in [1.165, 1.54) is 0 Å². The number of fused-ring (bicyclic) bond motifs is 1. The molecule has 1 N–H and O–H groups in total. The van der Waals surface area contributed by atoms with E-state index in [2.05, 4.69) is 10.3 Å². The molecular formula is C14H13N3OS. The van der Waals surface area contributed by atoms with Gasteiger partial charge in [-0.1, -0.05) is 6.07 Å². The van der Waals surface area contributed by atoms with Gasteiger partial charge in [-0.3, -0.25) is 4.79 Å². The Kier molecular flexibility index (Phi) is 2.83. The van der Waals surface area contributed by atoms with E-state index in [9.17, 15) is 4.79 Å². The molecule has 0 aromatic carbocycles. The standard InChI is InChI=1S/C14H13N3OS/c1-9-4-3-5-13(15-9)16-14(18)11-8-12-10(17(11)2)6-7-19-12/h3-8H,1-2H3,(H,15,16,18). The van der Waals surface area contributed by atoms with Crippen molar-refractivity contribution >= 4 is 33.3 Å². The van der Waals surface area contributed by atoms with E-state index in [1.807, 2.05) is 48.2 Å². The van der Waals surface area contributed by atoms with Crippen LogP contribution in [0.4, 0.5) is 5.82 Å². The minimum absolute atomic E-state index is 0.135. The second-order valence-electron chi connectivity index (χ2n) is 4.38. The average Bonchev–Trinajstić information content (AvgIpc) is 2.93. The van der Waals surface area contributed by atoms with E-state index in [0.717, 1.165) is 15.9 Å². The molecule has 3 rings (SSSR count). The number of anilines is 1. The van der Waals surface area contributed by atoms with Crippen molar-refractivity contribution in [3.05, 3.63) is 47.1 Å². The molecule has 0 fully saturated rings. The van der Waals surface area contributed by atoms with Crippen LogP contribution in [0.25, 0.3) is 10.2 Å². The van der Waals surface area contributed by atoms with Crippen LogP contribution in [-0.4, -0.2) is 15.5 Å². The molecule has 3 heterocycles. The molecular weight excluding hydrogens is 258 g/mol. The molecule has 0 spiro atoms. The van der Waals surface area contributed by atoms with Crippen LogP contribution in [0.2, 0.25) is 0 Å². The summed E-state index contributed by atoms with van der Waals surface area (Å²) in [5.41, 5.74) is 2.60. The lowest BCUT2D eigenvalue weighted by Crippen LogP contribution is -2.16. The van der Waals surface area contributed by atoms with Crippen molar-refractivity contribution in [3.8, 4) is 0 Å². The van der Waals surface area contributed by atoms with E-state index in [4.69, 9.17) is 0 Å². The maximum Gasteiger partial charge on any atom is 0.273 e. The molecule has 3 aromatic heterocycles. The van der Waals surface area contributed by atoms with Gasteiger partial charge in [0.05, 0.1) is 10.2 Å². The fourth-order valence-electron chi connectivity index (χ4n) is 2.06. The summed E-state index contributed by atoms with van der Waals surface area (Å²) in [5, 5.41) is 4.85. The van der Waals surface area contributed by atoms with Crippen LogP contribution in [0.15, 0.2) is 35.7 Å². The monoisotopic (exact) mass is 271 g/mol. The molecule has 0 unspecified atom stereocenters. The van der Waals surface area contributed by atoms with Crippen LogP contribution in [0, 0.1) is 6.92 Å².